The van der Waals surface area contributed by atoms with Gasteiger partial charge in [0, 0.05) is 32.1 Å². The maximum absolute atomic E-state index is 12.2. The van der Waals surface area contributed by atoms with Crippen molar-refractivity contribution in [3.63, 3.8) is 0 Å². The third-order valence-corrected chi connectivity index (χ3v) is 3.82. The summed E-state index contributed by atoms with van der Waals surface area (Å²) >= 11 is 0. The molecule has 0 radical (unpaired) electrons. The molecule has 24 heavy (non-hydrogen) atoms. The Morgan fingerprint density at radius 2 is 2.08 bits per heavy atom. The lowest BCUT2D eigenvalue weighted by Crippen LogP contribution is -2.36. The van der Waals surface area contributed by atoms with E-state index in [1.54, 1.807) is 6.07 Å². The summed E-state index contributed by atoms with van der Waals surface area (Å²) in [5, 5.41) is 9.90. The molecular weight excluding hydrogens is 308 g/mol. The number of morpholine rings is 1. The number of nitrogens with one attached hydrogen (secondary N) is 2. The van der Waals surface area contributed by atoms with E-state index in [1.807, 2.05) is 31.2 Å². The van der Waals surface area contributed by atoms with Crippen molar-refractivity contribution in [1.82, 2.24) is 5.16 Å². The molecule has 2 aromatic rings. The molecule has 1 aromatic heterocycles. The molecule has 0 bridgehead atoms. The first-order valence-corrected chi connectivity index (χ1v) is 8.11. The van der Waals surface area contributed by atoms with Crippen molar-refractivity contribution >= 4 is 23.1 Å². The number of ether oxygens (including phenoxy) is 1. The number of rotatable bonds is 6. The number of hydrogen-bond acceptors (Lipinski definition) is 6. The summed E-state index contributed by atoms with van der Waals surface area (Å²) in [5.74, 6) is 1.35. The second-order valence-electron chi connectivity index (χ2n) is 5.66. The van der Waals surface area contributed by atoms with Gasteiger partial charge in [-0.1, -0.05) is 17.3 Å². The smallest absolute Gasteiger partial charge is 0.226 e. The highest BCUT2D eigenvalue weighted by Gasteiger charge is 2.15. The van der Waals surface area contributed by atoms with Crippen LogP contribution in [0.4, 0.5) is 17.2 Å². The Hall–Kier alpha value is -2.54. The molecule has 3 rings (SSSR count). The maximum atomic E-state index is 12.2. The Morgan fingerprint density at radius 1 is 1.29 bits per heavy atom. The van der Waals surface area contributed by atoms with Crippen molar-refractivity contribution in [2.45, 2.75) is 13.3 Å². The van der Waals surface area contributed by atoms with Gasteiger partial charge >= 0.3 is 0 Å². The molecule has 7 heteroatoms. The van der Waals surface area contributed by atoms with E-state index in [9.17, 15) is 4.79 Å². The van der Waals surface area contributed by atoms with Crippen molar-refractivity contribution in [3.8, 4) is 0 Å². The van der Waals surface area contributed by atoms with Crippen LogP contribution in [0, 0.1) is 6.92 Å². The van der Waals surface area contributed by atoms with Gasteiger partial charge in [0.25, 0.3) is 0 Å². The topological polar surface area (TPSA) is 79.6 Å². The van der Waals surface area contributed by atoms with Crippen LogP contribution < -0.4 is 15.5 Å². The summed E-state index contributed by atoms with van der Waals surface area (Å²) in [7, 11) is 0. The Labute approximate surface area is 141 Å². The van der Waals surface area contributed by atoms with Crippen LogP contribution in [-0.2, 0) is 9.53 Å². The molecular formula is C17H22N4O3. The van der Waals surface area contributed by atoms with Gasteiger partial charge in [0.05, 0.1) is 24.6 Å². The molecule has 1 aliphatic heterocycles. The van der Waals surface area contributed by atoms with Gasteiger partial charge in [0.15, 0.2) is 5.82 Å². The van der Waals surface area contributed by atoms with E-state index in [1.165, 1.54) is 0 Å². The Morgan fingerprint density at radius 3 is 2.83 bits per heavy atom. The second kappa shape index (κ2) is 7.83. The number of amides is 1. The van der Waals surface area contributed by atoms with Crippen LogP contribution in [0.15, 0.2) is 34.9 Å². The third kappa shape index (κ3) is 4.26. The fourth-order valence-corrected chi connectivity index (χ4v) is 2.63. The van der Waals surface area contributed by atoms with E-state index in [2.05, 4.69) is 20.7 Å². The van der Waals surface area contributed by atoms with Gasteiger partial charge in [-0.05, 0) is 19.1 Å². The summed E-state index contributed by atoms with van der Waals surface area (Å²) in [6.07, 6.45) is 0.351. The number of para-hydroxylation sites is 2. The Balaban J connectivity index is 1.54. The fraction of sp³-hybridized carbons (Fsp3) is 0.412. The zero-order valence-corrected chi connectivity index (χ0v) is 13.7. The van der Waals surface area contributed by atoms with Gasteiger partial charge in [0.2, 0.25) is 5.91 Å². The molecule has 0 spiro atoms. The van der Waals surface area contributed by atoms with Gasteiger partial charge in [-0.15, -0.1) is 0 Å². The average molecular weight is 330 g/mol. The lowest BCUT2D eigenvalue weighted by molar-refractivity contribution is -0.115. The molecule has 0 atom stereocenters. The van der Waals surface area contributed by atoms with E-state index in [-0.39, 0.29) is 5.91 Å². The predicted octanol–water partition coefficient (Wildman–Crippen LogP) is 2.26. The highest BCUT2D eigenvalue weighted by atomic mass is 16.5. The number of aromatic nitrogens is 1. The second-order valence-corrected chi connectivity index (χ2v) is 5.66. The van der Waals surface area contributed by atoms with Gasteiger partial charge in [-0.2, -0.15) is 0 Å². The molecule has 0 saturated carbocycles. The minimum absolute atomic E-state index is 0.0385. The molecule has 1 aliphatic rings. The van der Waals surface area contributed by atoms with Crippen molar-refractivity contribution in [2.24, 2.45) is 0 Å². The average Bonchev–Trinajstić information content (AvgIpc) is 3.01. The van der Waals surface area contributed by atoms with Crippen molar-refractivity contribution in [2.75, 3.05) is 48.4 Å². The van der Waals surface area contributed by atoms with E-state index in [0.29, 0.717) is 32.0 Å². The van der Waals surface area contributed by atoms with Crippen LogP contribution >= 0.6 is 0 Å². The normalized spacial score (nSPS) is 14.5. The van der Waals surface area contributed by atoms with E-state index < -0.39 is 0 Å². The van der Waals surface area contributed by atoms with Gasteiger partial charge in [0.1, 0.15) is 5.76 Å². The van der Waals surface area contributed by atoms with Gasteiger partial charge in [-0.25, -0.2) is 0 Å². The summed E-state index contributed by atoms with van der Waals surface area (Å²) < 4.78 is 10.4. The third-order valence-electron chi connectivity index (χ3n) is 3.82. The fourth-order valence-electron chi connectivity index (χ4n) is 2.63. The first-order valence-electron chi connectivity index (χ1n) is 8.11. The van der Waals surface area contributed by atoms with Crippen LogP contribution in [0.25, 0.3) is 0 Å². The number of benzene rings is 1. The Bertz CT molecular complexity index is 680. The zero-order chi connectivity index (χ0) is 16.8. The van der Waals surface area contributed by atoms with E-state index in [4.69, 9.17) is 9.26 Å². The zero-order valence-electron chi connectivity index (χ0n) is 13.7. The minimum Gasteiger partial charge on any atom is -0.378 e. The van der Waals surface area contributed by atoms with Crippen LogP contribution in [-0.4, -0.2) is 43.9 Å². The largest absolute Gasteiger partial charge is 0.378 e. The summed E-state index contributed by atoms with van der Waals surface area (Å²) in [6.45, 7) is 5.41. The quantitative estimate of drug-likeness (QED) is 0.846. The Kier molecular flexibility index (Phi) is 5.32. The van der Waals surface area contributed by atoms with Crippen molar-refractivity contribution < 1.29 is 14.1 Å². The number of carbonyl (C=O) groups excluding carboxylic acids is 1. The van der Waals surface area contributed by atoms with Crippen LogP contribution in [0.2, 0.25) is 0 Å². The molecule has 2 N–H and O–H groups in total. The molecule has 2 heterocycles. The van der Waals surface area contributed by atoms with Crippen molar-refractivity contribution in [1.29, 1.82) is 0 Å². The minimum atomic E-state index is -0.0385. The van der Waals surface area contributed by atoms with Gasteiger partial charge in [-0.3, -0.25) is 4.79 Å². The standard InChI is InChI=1S/C17H22N4O3/c1-13-12-16(20-24-13)18-7-6-17(22)19-14-4-2-3-5-15(14)21-8-10-23-11-9-21/h2-5,12H,6-11H2,1H3,(H,18,20)(H,19,22). The molecule has 128 valence electrons. The number of hydrogen-bond donors (Lipinski definition) is 2. The summed E-state index contributed by atoms with van der Waals surface area (Å²) in [5.41, 5.74) is 1.87. The first kappa shape index (κ1) is 16.3. The van der Waals surface area contributed by atoms with E-state index in [0.717, 1.165) is 30.2 Å². The highest BCUT2D eigenvalue weighted by molar-refractivity contribution is 5.94. The molecule has 0 unspecified atom stereocenters. The number of nitrogens with zero attached hydrogens (tertiary/aromatic N) is 2. The first-order chi connectivity index (χ1) is 11.7. The summed E-state index contributed by atoms with van der Waals surface area (Å²) in [6, 6.07) is 9.66. The van der Waals surface area contributed by atoms with Crippen LogP contribution in [0.1, 0.15) is 12.2 Å². The lowest BCUT2D eigenvalue weighted by atomic mass is 10.2. The lowest BCUT2D eigenvalue weighted by Gasteiger charge is -2.30. The molecule has 1 fully saturated rings. The number of anilines is 3. The molecule has 1 amide bonds. The van der Waals surface area contributed by atoms with Crippen LogP contribution in [0.5, 0.6) is 0 Å². The molecule has 0 aliphatic carbocycles. The van der Waals surface area contributed by atoms with Gasteiger partial charge < -0.3 is 24.8 Å². The number of carbonyl (C=O) groups is 1. The molecule has 1 aromatic carbocycles. The molecule has 1 saturated heterocycles. The number of aryl methyl sites for hydroxylation is 1. The van der Waals surface area contributed by atoms with Crippen LogP contribution in [0.3, 0.4) is 0 Å². The molecule has 7 nitrogen and oxygen atoms in total. The van der Waals surface area contributed by atoms with Crippen molar-refractivity contribution in [3.05, 3.63) is 36.1 Å². The van der Waals surface area contributed by atoms with E-state index >= 15 is 0 Å². The maximum Gasteiger partial charge on any atom is 0.226 e. The monoisotopic (exact) mass is 330 g/mol. The predicted molar refractivity (Wildman–Crippen MR) is 92.5 cm³/mol. The highest BCUT2D eigenvalue weighted by Crippen LogP contribution is 2.26. The SMILES string of the molecule is Cc1cc(NCCC(=O)Nc2ccccc2N2CCOCC2)no1. The summed E-state index contributed by atoms with van der Waals surface area (Å²) in [4.78, 5) is 14.4.